The molecule has 0 unspecified atom stereocenters. The van der Waals surface area contributed by atoms with Gasteiger partial charge in [0.25, 0.3) is 0 Å². The molecule has 2 aromatic rings. The van der Waals surface area contributed by atoms with Crippen molar-refractivity contribution in [3.63, 3.8) is 0 Å². The van der Waals surface area contributed by atoms with Crippen LogP contribution in [0.25, 0.3) is 10.2 Å². The molecule has 0 spiro atoms. The predicted molar refractivity (Wildman–Crippen MR) is 69.5 cm³/mol. The fraction of sp³-hybridized carbons (Fsp3) is 0.385. The Kier molecular flexibility index (Phi) is 2.91. The third kappa shape index (κ3) is 2.31. The molecule has 0 fully saturated rings. The number of thiazole rings is 1. The molecule has 0 saturated heterocycles. The largest absolute Gasteiger partial charge is 0.481 e. The molecule has 90 valence electrons. The summed E-state index contributed by atoms with van der Waals surface area (Å²) < 4.78 is 1.13. The van der Waals surface area contributed by atoms with Gasteiger partial charge in [0.15, 0.2) is 0 Å². The van der Waals surface area contributed by atoms with E-state index in [-0.39, 0.29) is 0 Å². The lowest BCUT2D eigenvalue weighted by Crippen LogP contribution is -2.26. The molecule has 0 aliphatic heterocycles. The molecule has 0 saturated carbocycles. The summed E-state index contributed by atoms with van der Waals surface area (Å²) in [6.45, 7) is 5.46. The molecule has 17 heavy (non-hydrogen) atoms. The van der Waals surface area contributed by atoms with Gasteiger partial charge in [0.05, 0.1) is 20.6 Å². The molecule has 2 rings (SSSR count). The van der Waals surface area contributed by atoms with Crippen LogP contribution in [0.4, 0.5) is 0 Å². The zero-order chi connectivity index (χ0) is 12.6. The third-order valence-electron chi connectivity index (χ3n) is 2.82. The standard InChI is InChI=1S/C13H15NO2S/c1-8-14-11-9(5-4-6-10(11)17-8)7-13(2,3)12(15)16/h4-6H,7H2,1-3H3,(H,15,16). The number of benzene rings is 1. The molecular weight excluding hydrogens is 234 g/mol. The minimum Gasteiger partial charge on any atom is -0.481 e. The second-order valence-electron chi connectivity index (χ2n) is 4.86. The topological polar surface area (TPSA) is 50.2 Å². The molecule has 0 atom stereocenters. The fourth-order valence-electron chi connectivity index (χ4n) is 1.81. The predicted octanol–water partition coefficient (Wildman–Crippen LogP) is 3.26. The molecule has 3 nitrogen and oxygen atoms in total. The molecule has 0 bridgehead atoms. The summed E-state index contributed by atoms with van der Waals surface area (Å²) >= 11 is 1.64. The third-order valence-corrected chi connectivity index (χ3v) is 3.76. The molecule has 0 aliphatic rings. The van der Waals surface area contributed by atoms with Gasteiger partial charge < -0.3 is 5.11 Å². The Bertz CT molecular complexity index is 572. The Morgan fingerprint density at radius 1 is 1.47 bits per heavy atom. The van der Waals surface area contributed by atoms with Gasteiger partial charge >= 0.3 is 5.97 Å². The van der Waals surface area contributed by atoms with Gasteiger partial charge in [-0.25, -0.2) is 4.98 Å². The molecule has 0 radical (unpaired) electrons. The Hall–Kier alpha value is -1.42. The number of hydrogen-bond acceptors (Lipinski definition) is 3. The van der Waals surface area contributed by atoms with E-state index in [4.69, 9.17) is 5.11 Å². The van der Waals surface area contributed by atoms with Crippen LogP contribution in [0.5, 0.6) is 0 Å². The normalized spacial score (nSPS) is 11.9. The van der Waals surface area contributed by atoms with Crippen molar-refractivity contribution in [2.45, 2.75) is 27.2 Å². The van der Waals surface area contributed by atoms with E-state index in [9.17, 15) is 4.79 Å². The van der Waals surface area contributed by atoms with E-state index in [2.05, 4.69) is 4.98 Å². The maximum Gasteiger partial charge on any atom is 0.309 e. The molecule has 1 N–H and O–H groups in total. The number of aliphatic carboxylic acids is 1. The van der Waals surface area contributed by atoms with Crippen LogP contribution in [0.1, 0.15) is 24.4 Å². The number of aromatic nitrogens is 1. The smallest absolute Gasteiger partial charge is 0.309 e. The molecule has 0 aliphatic carbocycles. The molecule has 0 amide bonds. The van der Waals surface area contributed by atoms with Gasteiger partial charge in [0, 0.05) is 0 Å². The summed E-state index contributed by atoms with van der Waals surface area (Å²) in [5.74, 6) is -0.776. The Morgan fingerprint density at radius 2 is 2.18 bits per heavy atom. The zero-order valence-electron chi connectivity index (χ0n) is 10.2. The van der Waals surface area contributed by atoms with E-state index >= 15 is 0 Å². The summed E-state index contributed by atoms with van der Waals surface area (Å²) in [5, 5.41) is 10.2. The summed E-state index contributed by atoms with van der Waals surface area (Å²) in [5.41, 5.74) is 1.20. The molecular formula is C13H15NO2S. The average molecular weight is 249 g/mol. The minimum absolute atomic E-state index is 0.503. The number of hydrogen-bond donors (Lipinski definition) is 1. The number of nitrogens with zero attached hydrogens (tertiary/aromatic N) is 1. The first-order valence-corrected chi connectivity index (χ1v) is 6.30. The van der Waals surface area contributed by atoms with Crippen molar-refractivity contribution in [3.05, 3.63) is 28.8 Å². The highest BCUT2D eigenvalue weighted by Crippen LogP contribution is 2.29. The highest BCUT2D eigenvalue weighted by Gasteiger charge is 2.28. The molecule has 1 aromatic heterocycles. The number of fused-ring (bicyclic) bond motifs is 1. The second kappa shape index (κ2) is 4.11. The van der Waals surface area contributed by atoms with Crippen LogP contribution in [0.3, 0.4) is 0 Å². The molecule has 1 heterocycles. The first-order chi connectivity index (χ1) is 7.90. The summed E-state index contributed by atoms with van der Waals surface area (Å²) in [4.78, 5) is 15.6. The van der Waals surface area contributed by atoms with Crippen LogP contribution in [0, 0.1) is 12.3 Å². The quantitative estimate of drug-likeness (QED) is 0.908. The summed E-state index contributed by atoms with van der Waals surface area (Å²) in [6.07, 6.45) is 0.503. The monoisotopic (exact) mass is 249 g/mol. The van der Waals surface area contributed by atoms with Crippen molar-refractivity contribution >= 4 is 27.5 Å². The van der Waals surface area contributed by atoms with E-state index in [1.54, 1.807) is 25.2 Å². The highest BCUT2D eigenvalue weighted by molar-refractivity contribution is 7.18. The zero-order valence-corrected chi connectivity index (χ0v) is 11.0. The van der Waals surface area contributed by atoms with Crippen LogP contribution in [0.15, 0.2) is 18.2 Å². The Balaban J connectivity index is 2.46. The van der Waals surface area contributed by atoms with Crippen LogP contribution < -0.4 is 0 Å². The first-order valence-electron chi connectivity index (χ1n) is 5.48. The van der Waals surface area contributed by atoms with E-state index in [0.717, 1.165) is 20.8 Å². The number of para-hydroxylation sites is 1. The van der Waals surface area contributed by atoms with Crippen molar-refractivity contribution in [1.82, 2.24) is 4.98 Å². The van der Waals surface area contributed by atoms with Gasteiger partial charge in [-0.1, -0.05) is 12.1 Å². The highest BCUT2D eigenvalue weighted by atomic mass is 32.1. The summed E-state index contributed by atoms with van der Waals surface area (Å²) in [6, 6.07) is 5.96. The summed E-state index contributed by atoms with van der Waals surface area (Å²) in [7, 11) is 0. The number of rotatable bonds is 3. The lowest BCUT2D eigenvalue weighted by atomic mass is 9.85. The average Bonchev–Trinajstić information content (AvgIpc) is 2.59. The first kappa shape index (κ1) is 12.0. The van der Waals surface area contributed by atoms with E-state index in [1.165, 1.54) is 0 Å². The van der Waals surface area contributed by atoms with Gasteiger partial charge in [-0.2, -0.15) is 0 Å². The fourth-order valence-corrected chi connectivity index (χ4v) is 2.69. The van der Waals surface area contributed by atoms with E-state index in [1.807, 2.05) is 25.1 Å². The lowest BCUT2D eigenvalue weighted by molar-refractivity contribution is -0.146. The number of carboxylic acids is 1. The van der Waals surface area contributed by atoms with Gasteiger partial charge in [-0.3, -0.25) is 4.79 Å². The van der Waals surface area contributed by atoms with E-state index in [0.29, 0.717) is 6.42 Å². The minimum atomic E-state index is -0.776. The van der Waals surface area contributed by atoms with E-state index < -0.39 is 11.4 Å². The number of carbonyl (C=O) groups is 1. The van der Waals surface area contributed by atoms with Crippen LogP contribution in [-0.2, 0) is 11.2 Å². The van der Waals surface area contributed by atoms with Crippen LogP contribution in [-0.4, -0.2) is 16.1 Å². The van der Waals surface area contributed by atoms with Gasteiger partial charge in [0.2, 0.25) is 0 Å². The van der Waals surface area contributed by atoms with Crippen LogP contribution >= 0.6 is 11.3 Å². The maximum absolute atomic E-state index is 11.1. The SMILES string of the molecule is Cc1nc2c(CC(C)(C)C(=O)O)cccc2s1. The Labute approximate surface area is 104 Å². The Morgan fingerprint density at radius 3 is 2.82 bits per heavy atom. The molecule has 4 heteroatoms. The van der Waals surface area contributed by atoms with Crippen LogP contribution in [0.2, 0.25) is 0 Å². The van der Waals surface area contributed by atoms with Crippen molar-refractivity contribution in [1.29, 1.82) is 0 Å². The maximum atomic E-state index is 11.1. The van der Waals surface area contributed by atoms with Crippen molar-refractivity contribution < 1.29 is 9.90 Å². The second-order valence-corrected chi connectivity index (χ2v) is 6.10. The van der Waals surface area contributed by atoms with Crippen molar-refractivity contribution in [3.8, 4) is 0 Å². The van der Waals surface area contributed by atoms with Gasteiger partial charge in [0.1, 0.15) is 0 Å². The molecule has 1 aromatic carbocycles. The van der Waals surface area contributed by atoms with Gasteiger partial charge in [-0.15, -0.1) is 11.3 Å². The number of aryl methyl sites for hydroxylation is 1. The number of carboxylic acid groups (broad SMARTS) is 1. The van der Waals surface area contributed by atoms with Gasteiger partial charge in [-0.05, 0) is 38.8 Å². The van der Waals surface area contributed by atoms with Crippen molar-refractivity contribution in [2.75, 3.05) is 0 Å². The lowest BCUT2D eigenvalue weighted by Gasteiger charge is -2.19. The van der Waals surface area contributed by atoms with Crippen molar-refractivity contribution in [2.24, 2.45) is 5.41 Å².